The number of carbonyl (C=O) groups is 1. The molecule has 4 rings (SSSR count). The van der Waals surface area contributed by atoms with E-state index in [4.69, 9.17) is 9.47 Å². The van der Waals surface area contributed by atoms with E-state index in [0.29, 0.717) is 11.4 Å². The van der Waals surface area contributed by atoms with Crippen molar-refractivity contribution in [2.24, 2.45) is 0 Å². The summed E-state index contributed by atoms with van der Waals surface area (Å²) < 4.78 is 41.0. The monoisotopic (exact) mass is 564 g/mol. The SMILES string of the molecule is Cc1ccc(S(=O)(=O)N2CC(C(=O)NCCOc3ccccc3C(C)(C)C)Oc3ccc(C(C)(C)C)cc32)cc1. The van der Waals surface area contributed by atoms with Gasteiger partial charge in [0.05, 0.1) is 23.7 Å². The number of carbonyl (C=O) groups excluding carboxylic acids is 1. The first-order valence-corrected chi connectivity index (χ1v) is 15.0. The van der Waals surface area contributed by atoms with Crippen LogP contribution in [0.3, 0.4) is 0 Å². The lowest BCUT2D eigenvalue weighted by molar-refractivity contribution is -0.127. The van der Waals surface area contributed by atoms with E-state index in [-0.39, 0.29) is 35.4 Å². The maximum absolute atomic E-state index is 13.8. The fourth-order valence-electron chi connectivity index (χ4n) is 4.58. The van der Waals surface area contributed by atoms with Crippen LogP contribution in [0.15, 0.2) is 71.6 Å². The van der Waals surface area contributed by atoms with E-state index >= 15 is 0 Å². The molecule has 1 aliphatic rings. The van der Waals surface area contributed by atoms with Gasteiger partial charge in [-0.15, -0.1) is 0 Å². The summed E-state index contributed by atoms with van der Waals surface area (Å²) >= 11 is 0. The molecule has 1 heterocycles. The first-order valence-electron chi connectivity index (χ1n) is 13.6. The Morgan fingerprint density at radius 2 is 1.65 bits per heavy atom. The third-order valence-electron chi connectivity index (χ3n) is 6.95. The van der Waals surface area contributed by atoms with E-state index < -0.39 is 22.0 Å². The van der Waals surface area contributed by atoms with Gasteiger partial charge < -0.3 is 14.8 Å². The molecule has 0 aromatic heterocycles. The Labute approximate surface area is 238 Å². The largest absolute Gasteiger partial charge is 0.491 e. The Bertz CT molecular complexity index is 1470. The lowest BCUT2D eigenvalue weighted by Crippen LogP contribution is -2.51. The van der Waals surface area contributed by atoms with E-state index in [9.17, 15) is 13.2 Å². The molecule has 0 saturated heterocycles. The van der Waals surface area contributed by atoms with Crippen LogP contribution in [0, 0.1) is 6.92 Å². The predicted molar refractivity (Wildman–Crippen MR) is 159 cm³/mol. The molecule has 7 nitrogen and oxygen atoms in total. The predicted octanol–water partition coefficient (Wildman–Crippen LogP) is 5.74. The maximum Gasteiger partial charge on any atom is 0.264 e. The van der Waals surface area contributed by atoms with Gasteiger partial charge in [-0.05, 0) is 59.2 Å². The van der Waals surface area contributed by atoms with Crippen molar-refractivity contribution in [1.82, 2.24) is 5.32 Å². The Morgan fingerprint density at radius 3 is 2.30 bits per heavy atom. The molecule has 0 fully saturated rings. The van der Waals surface area contributed by atoms with E-state index in [1.165, 1.54) is 4.31 Å². The number of nitrogens with one attached hydrogen (secondary N) is 1. The van der Waals surface area contributed by atoms with Crippen molar-refractivity contribution in [2.45, 2.75) is 70.3 Å². The van der Waals surface area contributed by atoms with Gasteiger partial charge in [-0.3, -0.25) is 9.10 Å². The number of aryl methyl sites for hydroxylation is 1. The van der Waals surface area contributed by atoms with Gasteiger partial charge in [-0.2, -0.15) is 0 Å². The second-order valence-electron chi connectivity index (χ2n) is 12.3. The Hall–Kier alpha value is -3.52. The first-order chi connectivity index (χ1) is 18.7. The van der Waals surface area contributed by atoms with Crippen LogP contribution in [-0.4, -0.2) is 40.1 Å². The number of nitrogens with zero attached hydrogens (tertiary/aromatic N) is 1. The van der Waals surface area contributed by atoms with Crippen LogP contribution in [0.4, 0.5) is 5.69 Å². The van der Waals surface area contributed by atoms with Crippen molar-refractivity contribution in [3.05, 3.63) is 83.4 Å². The fraction of sp³-hybridized carbons (Fsp3) is 0.406. The van der Waals surface area contributed by atoms with E-state index in [1.54, 1.807) is 30.3 Å². The number of amides is 1. The number of fused-ring (bicyclic) bond motifs is 1. The molecule has 1 unspecified atom stereocenters. The third-order valence-corrected chi connectivity index (χ3v) is 8.74. The molecule has 0 aliphatic carbocycles. The molecule has 0 saturated carbocycles. The van der Waals surface area contributed by atoms with Crippen molar-refractivity contribution >= 4 is 21.6 Å². The van der Waals surface area contributed by atoms with Crippen LogP contribution < -0.4 is 19.1 Å². The Morgan fingerprint density at radius 1 is 0.975 bits per heavy atom. The summed E-state index contributed by atoms with van der Waals surface area (Å²) in [5.74, 6) is 0.727. The van der Waals surface area contributed by atoms with Crippen molar-refractivity contribution in [3.63, 3.8) is 0 Å². The normalized spacial score (nSPS) is 15.7. The highest BCUT2D eigenvalue weighted by molar-refractivity contribution is 7.92. The number of para-hydroxylation sites is 1. The number of sulfonamides is 1. The van der Waals surface area contributed by atoms with Gasteiger partial charge >= 0.3 is 0 Å². The van der Waals surface area contributed by atoms with E-state index in [1.807, 2.05) is 43.3 Å². The second-order valence-corrected chi connectivity index (χ2v) is 14.1. The van der Waals surface area contributed by atoms with Crippen LogP contribution in [-0.2, 0) is 25.6 Å². The molecule has 3 aromatic carbocycles. The zero-order valence-corrected chi connectivity index (χ0v) is 25.3. The smallest absolute Gasteiger partial charge is 0.264 e. The second kappa shape index (κ2) is 11.2. The quantitative estimate of drug-likeness (QED) is 0.370. The highest BCUT2D eigenvalue weighted by Gasteiger charge is 2.38. The van der Waals surface area contributed by atoms with Crippen molar-refractivity contribution in [2.75, 3.05) is 24.0 Å². The fourth-order valence-corrected chi connectivity index (χ4v) is 6.05. The van der Waals surface area contributed by atoms with Gasteiger partial charge in [-0.1, -0.05) is 83.5 Å². The number of anilines is 1. The van der Waals surface area contributed by atoms with Crippen LogP contribution in [0.25, 0.3) is 0 Å². The first kappa shape index (κ1) is 29.5. The molecule has 3 aromatic rings. The average Bonchev–Trinajstić information content (AvgIpc) is 2.89. The Balaban J connectivity index is 1.54. The lowest BCUT2D eigenvalue weighted by atomic mass is 9.86. The minimum atomic E-state index is -3.95. The topological polar surface area (TPSA) is 84.9 Å². The number of rotatable bonds is 7. The minimum Gasteiger partial charge on any atom is -0.491 e. The molecule has 1 N–H and O–H groups in total. The molecule has 1 atom stereocenters. The van der Waals surface area contributed by atoms with Crippen LogP contribution >= 0.6 is 0 Å². The van der Waals surface area contributed by atoms with Crippen LogP contribution in [0.2, 0.25) is 0 Å². The molecule has 0 radical (unpaired) electrons. The highest BCUT2D eigenvalue weighted by atomic mass is 32.2. The lowest BCUT2D eigenvalue weighted by Gasteiger charge is -2.36. The van der Waals surface area contributed by atoms with Gasteiger partial charge in [0.15, 0.2) is 6.10 Å². The molecule has 8 heteroatoms. The molecule has 214 valence electrons. The molecular weight excluding hydrogens is 524 g/mol. The standard InChI is InChI=1S/C32H40N2O5S/c1-22-12-15-24(16-13-22)40(36,37)34-21-29(39-28-17-14-23(20-26(28)34)31(2,3)4)30(35)33-18-19-38-27-11-9-8-10-25(27)32(5,6)7/h8-17,20,29H,18-19,21H2,1-7H3,(H,33,35). The third kappa shape index (κ3) is 6.44. The average molecular weight is 565 g/mol. The Kier molecular flexibility index (Phi) is 8.22. The summed E-state index contributed by atoms with van der Waals surface area (Å²) in [6.45, 7) is 14.8. The van der Waals surface area contributed by atoms with Gasteiger partial charge in [-0.25, -0.2) is 8.42 Å². The number of hydrogen-bond donors (Lipinski definition) is 1. The summed E-state index contributed by atoms with van der Waals surface area (Å²) in [4.78, 5) is 13.4. The molecular formula is C32H40N2O5S. The van der Waals surface area contributed by atoms with Crippen molar-refractivity contribution < 1.29 is 22.7 Å². The number of benzene rings is 3. The minimum absolute atomic E-state index is 0.0809. The molecule has 0 bridgehead atoms. The maximum atomic E-state index is 13.8. The molecule has 1 aliphatic heterocycles. The number of hydrogen-bond acceptors (Lipinski definition) is 5. The van der Waals surface area contributed by atoms with E-state index in [0.717, 1.165) is 22.4 Å². The zero-order chi connectivity index (χ0) is 29.3. The van der Waals surface area contributed by atoms with Crippen LogP contribution in [0.1, 0.15) is 58.2 Å². The van der Waals surface area contributed by atoms with E-state index in [2.05, 4.69) is 46.9 Å². The molecule has 1 amide bonds. The summed E-state index contributed by atoms with van der Waals surface area (Å²) in [5, 5.41) is 2.86. The zero-order valence-electron chi connectivity index (χ0n) is 24.4. The van der Waals surface area contributed by atoms with Crippen molar-refractivity contribution in [3.8, 4) is 11.5 Å². The highest BCUT2D eigenvalue weighted by Crippen LogP contribution is 2.40. The van der Waals surface area contributed by atoms with Crippen molar-refractivity contribution in [1.29, 1.82) is 0 Å². The molecule has 40 heavy (non-hydrogen) atoms. The van der Waals surface area contributed by atoms with Gasteiger partial charge in [0.2, 0.25) is 0 Å². The summed E-state index contributed by atoms with van der Waals surface area (Å²) in [5.41, 5.74) is 3.16. The summed E-state index contributed by atoms with van der Waals surface area (Å²) in [6, 6.07) is 20.1. The number of ether oxygens (including phenoxy) is 2. The summed E-state index contributed by atoms with van der Waals surface area (Å²) in [6.07, 6.45) is -1.02. The van der Waals surface area contributed by atoms with Gasteiger partial charge in [0.1, 0.15) is 18.1 Å². The summed E-state index contributed by atoms with van der Waals surface area (Å²) in [7, 11) is -3.95. The van der Waals surface area contributed by atoms with Crippen LogP contribution in [0.5, 0.6) is 11.5 Å². The molecule has 0 spiro atoms. The van der Waals surface area contributed by atoms with Gasteiger partial charge in [0.25, 0.3) is 15.9 Å². The van der Waals surface area contributed by atoms with Gasteiger partial charge in [0, 0.05) is 0 Å².